The average molecular weight is 457 g/mol. The van der Waals surface area contributed by atoms with E-state index in [1.165, 1.54) is 16.0 Å². The second-order valence-electron chi connectivity index (χ2n) is 9.37. The van der Waals surface area contributed by atoms with Crippen LogP contribution in [0.4, 0.5) is 0 Å². The summed E-state index contributed by atoms with van der Waals surface area (Å²) in [6, 6.07) is 9.96. The molecule has 1 aromatic heterocycles. The Morgan fingerprint density at radius 3 is 2.53 bits per heavy atom. The van der Waals surface area contributed by atoms with E-state index in [-0.39, 0.29) is 30.3 Å². The minimum absolute atomic E-state index is 0.00267. The smallest absolute Gasteiger partial charge is 0.242 e. The lowest BCUT2D eigenvalue weighted by Crippen LogP contribution is -2.48. The maximum absolute atomic E-state index is 13.5. The Labute approximate surface area is 196 Å². The van der Waals surface area contributed by atoms with Gasteiger partial charge in [-0.3, -0.25) is 9.59 Å². The molecule has 2 heterocycles. The Morgan fingerprint density at radius 2 is 1.88 bits per heavy atom. The van der Waals surface area contributed by atoms with Crippen LogP contribution in [0.1, 0.15) is 56.2 Å². The molecule has 0 saturated carbocycles. The second-order valence-corrected chi connectivity index (χ2v) is 10.4. The van der Waals surface area contributed by atoms with Crippen molar-refractivity contribution in [3.63, 3.8) is 0 Å². The van der Waals surface area contributed by atoms with Gasteiger partial charge in [-0.1, -0.05) is 45.4 Å². The first-order valence-corrected chi connectivity index (χ1v) is 12.5. The van der Waals surface area contributed by atoms with Gasteiger partial charge in [-0.05, 0) is 54.8 Å². The highest BCUT2D eigenvalue weighted by Gasteiger charge is 2.33. The molecule has 0 spiro atoms. The first-order chi connectivity index (χ1) is 15.3. The lowest BCUT2D eigenvalue weighted by Gasteiger charge is -2.37. The first kappa shape index (κ1) is 24.3. The number of nitrogens with zero attached hydrogens (tertiary/aromatic N) is 2. The van der Waals surface area contributed by atoms with Gasteiger partial charge in [0.1, 0.15) is 12.4 Å². The first-order valence-electron chi connectivity index (χ1n) is 11.6. The van der Waals surface area contributed by atoms with Crippen molar-refractivity contribution in [2.24, 2.45) is 11.8 Å². The lowest BCUT2D eigenvalue weighted by molar-refractivity contribution is -0.144. The van der Waals surface area contributed by atoms with Crippen LogP contribution < -0.4 is 4.74 Å². The van der Waals surface area contributed by atoms with Gasteiger partial charge in [0.25, 0.3) is 0 Å². The lowest BCUT2D eigenvalue weighted by atomic mass is 10.00. The Kier molecular flexibility index (Phi) is 8.35. The number of hydrogen-bond donors (Lipinski definition) is 0. The third-order valence-corrected chi connectivity index (χ3v) is 6.95. The number of amides is 2. The molecular formula is C26H36N2O3S. The molecule has 32 heavy (non-hydrogen) atoms. The van der Waals surface area contributed by atoms with E-state index in [9.17, 15) is 9.59 Å². The van der Waals surface area contributed by atoms with E-state index in [4.69, 9.17) is 4.74 Å². The van der Waals surface area contributed by atoms with Gasteiger partial charge in [0.2, 0.25) is 11.8 Å². The van der Waals surface area contributed by atoms with Gasteiger partial charge in [-0.15, -0.1) is 11.3 Å². The minimum atomic E-state index is -0.139. The standard InChI is InChI=1S/C26H36N2O3S/c1-18(2)10-13-27(26(30)19(3)4)16-25(29)28-14-11-24-22(12-15-32-24)23(28)17-31-21-8-6-20(5)7-9-21/h6-9,12,15,18-19,23H,10-11,13-14,16-17H2,1-5H3/t23-/m1/s1. The van der Waals surface area contributed by atoms with E-state index in [2.05, 4.69) is 25.3 Å². The van der Waals surface area contributed by atoms with Crippen LogP contribution >= 0.6 is 11.3 Å². The van der Waals surface area contributed by atoms with Crippen molar-refractivity contribution < 1.29 is 14.3 Å². The molecule has 3 rings (SSSR count). The van der Waals surface area contributed by atoms with E-state index >= 15 is 0 Å². The predicted octanol–water partition coefficient (Wildman–Crippen LogP) is 5.09. The average Bonchev–Trinajstić information content (AvgIpc) is 3.24. The molecule has 1 aliphatic rings. The van der Waals surface area contributed by atoms with Crippen LogP contribution in [0, 0.1) is 18.8 Å². The minimum Gasteiger partial charge on any atom is -0.491 e. The second kappa shape index (κ2) is 11.0. The molecule has 0 aliphatic carbocycles. The van der Waals surface area contributed by atoms with Crippen molar-refractivity contribution in [3.8, 4) is 5.75 Å². The van der Waals surface area contributed by atoms with Gasteiger partial charge in [0, 0.05) is 23.9 Å². The summed E-state index contributed by atoms with van der Waals surface area (Å²) >= 11 is 1.74. The highest BCUT2D eigenvalue weighted by Crippen LogP contribution is 2.34. The number of carbonyl (C=O) groups excluding carboxylic acids is 2. The topological polar surface area (TPSA) is 49.9 Å². The molecule has 5 nitrogen and oxygen atoms in total. The monoisotopic (exact) mass is 456 g/mol. The fraction of sp³-hybridized carbons (Fsp3) is 0.538. The fourth-order valence-electron chi connectivity index (χ4n) is 3.98. The molecule has 0 radical (unpaired) electrons. The van der Waals surface area contributed by atoms with E-state index in [1.54, 1.807) is 16.2 Å². The molecule has 1 aromatic carbocycles. The van der Waals surface area contributed by atoms with Crippen molar-refractivity contribution in [1.29, 1.82) is 0 Å². The molecular weight excluding hydrogens is 420 g/mol. The zero-order chi connectivity index (χ0) is 23.3. The highest BCUT2D eigenvalue weighted by atomic mass is 32.1. The van der Waals surface area contributed by atoms with Crippen molar-refractivity contribution in [3.05, 3.63) is 51.7 Å². The zero-order valence-electron chi connectivity index (χ0n) is 20.0. The third kappa shape index (κ3) is 6.12. The Morgan fingerprint density at radius 1 is 1.16 bits per heavy atom. The van der Waals surface area contributed by atoms with Crippen LogP contribution in [-0.4, -0.2) is 47.9 Å². The molecule has 0 N–H and O–H groups in total. The van der Waals surface area contributed by atoms with Gasteiger partial charge in [-0.2, -0.15) is 0 Å². The van der Waals surface area contributed by atoms with Crippen LogP contribution in [0.2, 0.25) is 0 Å². The quantitative estimate of drug-likeness (QED) is 0.528. The van der Waals surface area contributed by atoms with Crippen LogP contribution in [0.15, 0.2) is 35.7 Å². The summed E-state index contributed by atoms with van der Waals surface area (Å²) in [5.74, 6) is 1.20. The van der Waals surface area contributed by atoms with Gasteiger partial charge in [0.05, 0.1) is 12.6 Å². The number of carbonyl (C=O) groups is 2. The number of benzene rings is 1. The number of aryl methyl sites for hydroxylation is 1. The van der Waals surface area contributed by atoms with Crippen LogP contribution in [0.5, 0.6) is 5.75 Å². The third-order valence-electron chi connectivity index (χ3n) is 5.95. The number of hydrogen-bond acceptors (Lipinski definition) is 4. The van der Waals surface area contributed by atoms with E-state index in [1.807, 2.05) is 49.9 Å². The predicted molar refractivity (Wildman–Crippen MR) is 130 cm³/mol. The SMILES string of the molecule is Cc1ccc(OC[C@@H]2c3ccsc3CCN2C(=O)CN(CCC(C)C)C(=O)C(C)C)cc1. The molecule has 2 aromatic rings. The normalized spacial score (nSPS) is 15.7. The molecule has 0 fully saturated rings. The number of thiophene rings is 1. The molecule has 0 saturated heterocycles. The molecule has 6 heteroatoms. The molecule has 1 atom stereocenters. The van der Waals surface area contributed by atoms with E-state index < -0.39 is 0 Å². The zero-order valence-corrected chi connectivity index (χ0v) is 20.8. The van der Waals surface area contributed by atoms with E-state index in [0.29, 0.717) is 25.6 Å². The van der Waals surface area contributed by atoms with Crippen molar-refractivity contribution in [2.75, 3.05) is 26.2 Å². The Bertz CT molecular complexity index is 904. The fourth-order valence-corrected chi connectivity index (χ4v) is 4.91. The maximum Gasteiger partial charge on any atom is 0.242 e. The Hall–Kier alpha value is -2.34. The van der Waals surface area contributed by atoms with Crippen LogP contribution in [-0.2, 0) is 16.0 Å². The maximum atomic E-state index is 13.5. The summed E-state index contributed by atoms with van der Waals surface area (Å²) in [7, 11) is 0. The molecule has 1 aliphatic heterocycles. The number of ether oxygens (including phenoxy) is 1. The molecule has 174 valence electrons. The van der Waals surface area contributed by atoms with Gasteiger partial charge in [0.15, 0.2) is 0 Å². The molecule has 2 amide bonds. The van der Waals surface area contributed by atoms with Crippen molar-refractivity contribution in [2.45, 2.75) is 53.5 Å². The summed E-state index contributed by atoms with van der Waals surface area (Å²) in [5, 5.41) is 2.09. The molecule has 0 unspecified atom stereocenters. The van der Waals surface area contributed by atoms with Gasteiger partial charge in [-0.25, -0.2) is 0 Å². The Balaban J connectivity index is 1.75. The summed E-state index contributed by atoms with van der Waals surface area (Å²) in [6.07, 6.45) is 1.74. The number of rotatable bonds is 9. The molecule has 0 bridgehead atoms. The largest absolute Gasteiger partial charge is 0.491 e. The van der Waals surface area contributed by atoms with Crippen LogP contribution in [0.25, 0.3) is 0 Å². The van der Waals surface area contributed by atoms with Crippen molar-refractivity contribution in [1.82, 2.24) is 9.80 Å². The number of fused-ring (bicyclic) bond motifs is 1. The van der Waals surface area contributed by atoms with Gasteiger partial charge >= 0.3 is 0 Å². The summed E-state index contributed by atoms with van der Waals surface area (Å²) in [6.45, 7) is 11.9. The van der Waals surface area contributed by atoms with Gasteiger partial charge < -0.3 is 14.5 Å². The summed E-state index contributed by atoms with van der Waals surface area (Å²) < 4.78 is 6.11. The van der Waals surface area contributed by atoms with E-state index in [0.717, 1.165) is 18.6 Å². The summed E-state index contributed by atoms with van der Waals surface area (Å²) in [5.41, 5.74) is 2.36. The highest BCUT2D eigenvalue weighted by molar-refractivity contribution is 7.10. The van der Waals surface area contributed by atoms with Crippen molar-refractivity contribution >= 4 is 23.2 Å². The summed E-state index contributed by atoms with van der Waals surface area (Å²) in [4.78, 5) is 31.2. The van der Waals surface area contributed by atoms with Crippen LogP contribution in [0.3, 0.4) is 0 Å².